The lowest BCUT2D eigenvalue weighted by Crippen LogP contribution is -2.42. The summed E-state index contributed by atoms with van der Waals surface area (Å²) in [7, 11) is 0. The molecule has 8 heteroatoms. The van der Waals surface area contributed by atoms with E-state index in [0.717, 1.165) is 26.7 Å². The molecule has 1 aromatic carbocycles. The van der Waals surface area contributed by atoms with E-state index in [2.05, 4.69) is 15.9 Å². The molecule has 0 saturated carbocycles. The van der Waals surface area contributed by atoms with Gasteiger partial charge in [-0.2, -0.15) is 0 Å². The lowest BCUT2D eigenvalue weighted by atomic mass is 10.2. The van der Waals surface area contributed by atoms with E-state index in [9.17, 15) is 14.4 Å². The molecule has 0 bridgehead atoms. The minimum atomic E-state index is -0.957. The first-order chi connectivity index (χ1) is 12.2. The van der Waals surface area contributed by atoms with Crippen LogP contribution in [0, 0.1) is 0 Å². The van der Waals surface area contributed by atoms with E-state index >= 15 is 0 Å². The Morgan fingerprint density at radius 2 is 2.00 bits per heavy atom. The van der Waals surface area contributed by atoms with Crippen molar-refractivity contribution in [2.45, 2.75) is 39.8 Å². The van der Waals surface area contributed by atoms with Crippen LogP contribution in [0.5, 0.6) is 5.75 Å². The Kier molecular flexibility index (Phi) is 6.88. The van der Waals surface area contributed by atoms with E-state index in [1.807, 2.05) is 13.8 Å². The predicted octanol–water partition coefficient (Wildman–Crippen LogP) is 4.22. The van der Waals surface area contributed by atoms with Crippen molar-refractivity contribution < 1.29 is 23.9 Å². The molecule has 6 nitrogen and oxygen atoms in total. The number of imide groups is 1. The smallest absolute Gasteiger partial charge is 0.329 e. The third kappa shape index (κ3) is 4.67. The summed E-state index contributed by atoms with van der Waals surface area (Å²) < 4.78 is 11.3. The summed E-state index contributed by atoms with van der Waals surface area (Å²) in [6, 6.07) is 4.44. The number of halogens is 1. The maximum absolute atomic E-state index is 12.5. The molecule has 0 N–H and O–H groups in total. The average molecular weight is 442 g/mol. The van der Waals surface area contributed by atoms with Crippen molar-refractivity contribution in [1.29, 1.82) is 0 Å². The van der Waals surface area contributed by atoms with Gasteiger partial charge in [0.1, 0.15) is 11.8 Å². The Bertz CT molecular complexity index is 762. The molecular weight excluding hydrogens is 422 g/mol. The minimum absolute atomic E-state index is 0.0398. The number of benzene rings is 1. The van der Waals surface area contributed by atoms with E-state index in [0.29, 0.717) is 5.75 Å². The highest BCUT2D eigenvalue weighted by molar-refractivity contribution is 9.10. The van der Waals surface area contributed by atoms with Gasteiger partial charge in [-0.15, -0.1) is 0 Å². The molecule has 1 atom stereocenters. The van der Waals surface area contributed by atoms with E-state index in [-0.39, 0.29) is 17.6 Å². The van der Waals surface area contributed by atoms with Crippen LogP contribution >= 0.6 is 27.7 Å². The van der Waals surface area contributed by atoms with Gasteiger partial charge in [-0.05, 0) is 79.2 Å². The molecule has 0 aliphatic carbocycles. The first-order valence-corrected chi connectivity index (χ1v) is 9.75. The molecule has 2 rings (SSSR count). The molecule has 0 radical (unpaired) electrons. The molecule has 2 amide bonds. The number of thioether (sulfide) groups is 1. The largest absolute Gasteiger partial charge is 0.490 e. The molecule has 0 spiro atoms. The standard InChI is InChI=1S/C18H20BrNO5S/c1-5-24-17(22)11(4)20-16(21)15(26-18(20)23)9-12-6-7-14(13(19)8-12)25-10(2)3/h6-11H,5H2,1-4H3/b15-9-. The first kappa shape index (κ1) is 20.5. The maximum atomic E-state index is 12.5. The average Bonchev–Trinajstić information content (AvgIpc) is 2.83. The van der Waals surface area contributed by atoms with E-state index in [1.165, 1.54) is 6.92 Å². The molecule has 1 heterocycles. The SMILES string of the molecule is CCOC(=O)C(C)N1C(=O)S/C(=C\c2ccc(OC(C)C)c(Br)c2)C1=O. The minimum Gasteiger partial charge on any atom is -0.490 e. The lowest BCUT2D eigenvalue weighted by molar-refractivity contribution is -0.150. The molecular formula is C18H20BrNO5S. The van der Waals surface area contributed by atoms with Crippen molar-refractivity contribution >= 4 is 50.9 Å². The number of rotatable bonds is 6. The summed E-state index contributed by atoms with van der Waals surface area (Å²) in [6.45, 7) is 7.20. The van der Waals surface area contributed by atoms with Crippen LogP contribution in [-0.2, 0) is 14.3 Å². The van der Waals surface area contributed by atoms with Crippen molar-refractivity contribution in [3.05, 3.63) is 33.1 Å². The van der Waals surface area contributed by atoms with Gasteiger partial charge in [-0.25, -0.2) is 4.79 Å². The van der Waals surface area contributed by atoms with Crippen molar-refractivity contribution in [2.24, 2.45) is 0 Å². The molecule has 26 heavy (non-hydrogen) atoms. The second kappa shape index (κ2) is 8.73. The Morgan fingerprint density at radius 3 is 2.58 bits per heavy atom. The predicted molar refractivity (Wildman–Crippen MR) is 104 cm³/mol. The van der Waals surface area contributed by atoms with Gasteiger partial charge in [0.25, 0.3) is 11.1 Å². The fourth-order valence-electron chi connectivity index (χ4n) is 2.29. The summed E-state index contributed by atoms with van der Waals surface area (Å²) in [4.78, 5) is 37.7. The van der Waals surface area contributed by atoms with Gasteiger partial charge in [0.05, 0.1) is 22.1 Å². The highest BCUT2D eigenvalue weighted by Gasteiger charge is 2.41. The number of carbonyl (C=O) groups is 3. The van der Waals surface area contributed by atoms with Crippen molar-refractivity contribution in [3.63, 3.8) is 0 Å². The fourth-order valence-corrected chi connectivity index (χ4v) is 3.69. The molecule has 0 aromatic heterocycles. The Labute approximate surface area is 165 Å². The fraction of sp³-hybridized carbons (Fsp3) is 0.389. The third-order valence-electron chi connectivity index (χ3n) is 3.45. The number of hydrogen-bond acceptors (Lipinski definition) is 6. The second-order valence-electron chi connectivity index (χ2n) is 5.84. The summed E-state index contributed by atoms with van der Waals surface area (Å²) in [5.74, 6) is -0.408. The number of carbonyl (C=O) groups excluding carboxylic acids is 3. The van der Waals surface area contributed by atoms with Crippen LogP contribution < -0.4 is 4.74 Å². The van der Waals surface area contributed by atoms with Gasteiger partial charge in [0.2, 0.25) is 0 Å². The summed E-state index contributed by atoms with van der Waals surface area (Å²) in [5, 5.41) is -0.486. The monoisotopic (exact) mass is 441 g/mol. The number of nitrogens with zero attached hydrogens (tertiary/aromatic N) is 1. The highest BCUT2D eigenvalue weighted by Crippen LogP contribution is 2.35. The Balaban J connectivity index is 2.22. The van der Waals surface area contributed by atoms with Crippen molar-refractivity contribution in [3.8, 4) is 5.75 Å². The number of esters is 1. The molecule has 1 unspecified atom stereocenters. The summed E-state index contributed by atoms with van der Waals surface area (Å²) in [6.07, 6.45) is 1.66. The topological polar surface area (TPSA) is 72.9 Å². The van der Waals surface area contributed by atoms with Gasteiger partial charge < -0.3 is 9.47 Å². The number of ether oxygens (including phenoxy) is 2. The Hall–Kier alpha value is -1.80. The van der Waals surface area contributed by atoms with Crippen LogP contribution in [0.3, 0.4) is 0 Å². The van der Waals surface area contributed by atoms with E-state index < -0.39 is 23.2 Å². The molecule has 1 aliphatic rings. The molecule has 1 aromatic rings. The molecule has 1 saturated heterocycles. The van der Waals surface area contributed by atoms with Crippen molar-refractivity contribution in [2.75, 3.05) is 6.61 Å². The maximum Gasteiger partial charge on any atom is 0.329 e. The van der Waals surface area contributed by atoms with E-state index in [4.69, 9.17) is 9.47 Å². The number of hydrogen-bond donors (Lipinski definition) is 0. The van der Waals surface area contributed by atoms with Crippen LogP contribution in [-0.4, -0.2) is 40.8 Å². The molecule has 140 valence electrons. The molecule has 1 fully saturated rings. The third-order valence-corrected chi connectivity index (χ3v) is 4.96. The quantitative estimate of drug-likeness (QED) is 0.485. The van der Waals surface area contributed by atoms with Gasteiger partial charge in [0, 0.05) is 0 Å². The van der Waals surface area contributed by atoms with Crippen LogP contribution in [0.25, 0.3) is 6.08 Å². The van der Waals surface area contributed by atoms with Crippen LogP contribution in [0.4, 0.5) is 4.79 Å². The van der Waals surface area contributed by atoms with Crippen LogP contribution in [0.2, 0.25) is 0 Å². The zero-order valence-corrected chi connectivity index (χ0v) is 17.3. The van der Waals surface area contributed by atoms with Crippen molar-refractivity contribution in [1.82, 2.24) is 4.90 Å². The summed E-state index contributed by atoms with van der Waals surface area (Å²) in [5.41, 5.74) is 0.738. The first-order valence-electron chi connectivity index (χ1n) is 8.14. The van der Waals surface area contributed by atoms with Crippen LogP contribution in [0.15, 0.2) is 27.6 Å². The number of amides is 2. The van der Waals surface area contributed by atoms with Crippen LogP contribution in [0.1, 0.15) is 33.3 Å². The zero-order valence-electron chi connectivity index (χ0n) is 14.9. The van der Waals surface area contributed by atoms with E-state index in [1.54, 1.807) is 31.2 Å². The van der Waals surface area contributed by atoms with Gasteiger partial charge in [-0.1, -0.05) is 6.07 Å². The highest BCUT2D eigenvalue weighted by atomic mass is 79.9. The van der Waals surface area contributed by atoms with Gasteiger partial charge >= 0.3 is 5.97 Å². The lowest BCUT2D eigenvalue weighted by Gasteiger charge is -2.19. The second-order valence-corrected chi connectivity index (χ2v) is 7.68. The van der Waals surface area contributed by atoms with Gasteiger partial charge in [0.15, 0.2) is 0 Å². The summed E-state index contributed by atoms with van der Waals surface area (Å²) >= 11 is 4.24. The van der Waals surface area contributed by atoms with Gasteiger partial charge in [-0.3, -0.25) is 14.5 Å². The zero-order chi connectivity index (χ0) is 19.4. The molecule has 1 aliphatic heterocycles. The Morgan fingerprint density at radius 1 is 1.31 bits per heavy atom. The normalized spacial score (nSPS) is 17.2.